The average molecular weight is 284 g/mol. The van der Waals surface area contributed by atoms with Crippen molar-refractivity contribution in [3.63, 3.8) is 0 Å². The first-order valence-corrected chi connectivity index (χ1v) is 7.48. The molecule has 0 N–H and O–H groups in total. The molecule has 4 nitrogen and oxygen atoms in total. The van der Waals surface area contributed by atoms with Crippen molar-refractivity contribution in [2.45, 2.75) is 45.1 Å². The minimum Gasteiger partial charge on any atom is -0.331 e. The molecule has 3 unspecified atom stereocenters. The smallest absolute Gasteiger partial charge is 0.289 e. The lowest BCUT2D eigenvalue weighted by Crippen LogP contribution is -2.48. The van der Waals surface area contributed by atoms with E-state index in [1.54, 1.807) is 0 Å². The molecule has 2 aliphatic heterocycles. The first kappa shape index (κ1) is 14.2. The SMILES string of the molecule is CCOC12N=C(C)CCC1(C#N)CC(c1ccccc1)O2. The lowest BCUT2D eigenvalue weighted by atomic mass is 9.75. The van der Waals surface area contributed by atoms with Crippen molar-refractivity contribution in [3.8, 4) is 6.07 Å². The molecular formula is C17H20N2O2. The van der Waals surface area contributed by atoms with Crippen molar-refractivity contribution in [2.24, 2.45) is 10.4 Å². The van der Waals surface area contributed by atoms with Crippen molar-refractivity contribution < 1.29 is 9.47 Å². The third-order valence-electron chi connectivity index (χ3n) is 4.42. The number of hydrogen-bond acceptors (Lipinski definition) is 4. The van der Waals surface area contributed by atoms with E-state index in [9.17, 15) is 5.26 Å². The molecule has 3 rings (SSSR count). The fourth-order valence-electron chi connectivity index (χ4n) is 3.31. The number of fused-ring (bicyclic) bond motifs is 1. The Labute approximate surface area is 125 Å². The van der Waals surface area contributed by atoms with Crippen LogP contribution >= 0.6 is 0 Å². The fraction of sp³-hybridized carbons (Fsp3) is 0.529. The van der Waals surface area contributed by atoms with Crippen molar-refractivity contribution in [1.29, 1.82) is 5.26 Å². The zero-order valence-corrected chi connectivity index (χ0v) is 12.5. The predicted molar refractivity (Wildman–Crippen MR) is 79.6 cm³/mol. The maximum absolute atomic E-state index is 9.82. The molecule has 1 aromatic rings. The Kier molecular flexibility index (Phi) is 3.56. The molecule has 0 saturated carbocycles. The van der Waals surface area contributed by atoms with Crippen LogP contribution in [0.4, 0.5) is 0 Å². The van der Waals surface area contributed by atoms with E-state index in [0.29, 0.717) is 13.0 Å². The van der Waals surface area contributed by atoms with Crippen LogP contribution in [0.25, 0.3) is 0 Å². The topological polar surface area (TPSA) is 54.6 Å². The Balaban J connectivity index is 2.03. The standard InChI is InChI=1S/C17H20N2O2/c1-3-20-17-16(12-18,10-9-13(2)19-17)11-15(21-17)14-7-5-4-6-8-14/h4-8,15H,3,9-11H2,1-2H3. The second kappa shape index (κ2) is 5.25. The number of hydrogen-bond donors (Lipinski definition) is 0. The highest BCUT2D eigenvalue weighted by Crippen LogP contribution is 2.57. The van der Waals surface area contributed by atoms with Gasteiger partial charge in [-0.2, -0.15) is 5.26 Å². The molecule has 0 aromatic heterocycles. The number of benzene rings is 1. The van der Waals surface area contributed by atoms with Gasteiger partial charge in [-0.05, 0) is 32.3 Å². The van der Waals surface area contributed by atoms with Crippen LogP contribution in [0.15, 0.2) is 35.3 Å². The van der Waals surface area contributed by atoms with Gasteiger partial charge in [0.2, 0.25) is 0 Å². The van der Waals surface area contributed by atoms with E-state index in [1.165, 1.54) is 0 Å². The zero-order chi connectivity index (χ0) is 14.9. The van der Waals surface area contributed by atoms with Crippen molar-refractivity contribution in [1.82, 2.24) is 0 Å². The van der Waals surface area contributed by atoms with Gasteiger partial charge < -0.3 is 9.47 Å². The second-order valence-electron chi connectivity index (χ2n) is 5.78. The lowest BCUT2D eigenvalue weighted by molar-refractivity contribution is -0.256. The summed E-state index contributed by atoms with van der Waals surface area (Å²) in [6.07, 6.45) is 2.05. The normalized spacial score (nSPS) is 34.9. The molecule has 3 atom stereocenters. The van der Waals surface area contributed by atoms with Gasteiger partial charge >= 0.3 is 0 Å². The monoisotopic (exact) mass is 284 g/mol. The van der Waals surface area contributed by atoms with Gasteiger partial charge in [0.1, 0.15) is 5.41 Å². The summed E-state index contributed by atoms with van der Waals surface area (Å²) in [6.45, 7) is 4.36. The molecule has 4 heteroatoms. The molecule has 1 fully saturated rings. The predicted octanol–water partition coefficient (Wildman–Crippen LogP) is 3.60. The van der Waals surface area contributed by atoms with Gasteiger partial charge in [0.05, 0.1) is 12.2 Å². The second-order valence-corrected chi connectivity index (χ2v) is 5.78. The summed E-state index contributed by atoms with van der Waals surface area (Å²) in [7, 11) is 0. The van der Waals surface area contributed by atoms with E-state index in [2.05, 4.69) is 11.1 Å². The van der Waals surface area contributed by atoms with Crippen molar-refractivity contribution in [2.75, 3.05) is 6.61 Å². The maximum Gasteiger partial charge on any atom is 0.289 e. The van der Waals surface area contributed by atoms with Crippen LogP contribution < -0.4 is 0 Å². The highest BCUT2D eigenvalue weighted by Gasteiger charge is 2.63. The van der Waals surface area contributed by atoms with Gasteiger partial charge in [0, 0.05) is 18.7 Å². The zero-order valence-electron chi connectivity index (χ0n) is 12.5. The van der Waals surface area contributed by atoms with E-state index >= 15 is 0 Å². The number of nitriles is 1. The molecule has 0 spiro atoms. The summed E-state index contributed by atoms with van der Waals surface area (Å²) >= 11 is 0. The van der Waals surface area contributed by atoms with Crippen LogP contribution in [0.3, 0.4) is 0 Å². The summed E-state index contributed by atoms with van der Waals surface area (Å²) in [5.41, 5.74) is 1.37. The van der Waals surface area contributed by atoms with E-state index < -0.39 is 11.3 Å². The lowest BCUT2D eigenvalue weighted by Gasteiger charge is -2.39. The Morgan fingerprint density at radius 3 is 2.86 bits per heavy atom. The number of ether oxygens (including phenoxy) is 2. The van der Waals surface area contributed by atoms with Gasteiger partial charge in [-0.1, -0.05) is 30.3 Å². The van der Waals surface area contributed by atoms with E-state index in [1.807, 2.05) is 44.2 Å². The summed E-state index contributed by atoms with van der Waals surface area (Å²) in [4.78, 5) is 4.63. The largest absolute Gasteiger partial charge is 0.331 e. The molecule has 0 bridgehead atoms. The minimum absolute atomic E-state index is 0.146. The molecular weight excluding hydrogens is 264 g/mol. The molecule has 2 aliphatic rings. The van der Waals surface area contributed by atoms with Gasteiger partial charge in [-0.25, -0.2) is 4.99 Å². The van der Waals surface area contributed by atoms with Crippen LogP contribution in [-0.4, -0.2) is 18.2 Å². The summed E-state index contributed by atoms with van der Waals surface area (Å²) < 4.78 is 12.1. The van der Waals surface area contributed by atoms with Crippen LogP contribution in [0, 0.1) is 16.7 Å². The van der Waals surface area contributed by atoms with Gasteiger partial charge in [-0.15, -0.1) is 0 Å². The molecule has 21 heavy (non-hydrogen) atoms. The summed E-state index contributed by atoms with van der Waals surface area (Å²) in [5, 5.41) is 9.82. The van der Waals surface area contributed by atoms with E-state index in [0.717, 1.165) is 24.1 Å². The quantitative estimate of drug-likeness (QED) is 0.852. The molecule has 110 valence electrons. The first-order valence-electron chi connectivity index (χ1n) is 7.48. The van der Waals surface area contributed by atoms with Crippen molar-refractivity contribution >= 4 is 5.71 Å². The van der Waals surface area contributed by atoms with Crippen LogP contribution in [0.5, 0.6) is 0 Å². The van der Waals surface area contributed by atoms with E-state index in [4.69, 9.17) is 9.47 Å². The Morgan fingerprint density at radius 2 is 2.19 bits per heavy atom. The number of aliphatic imine (C=N–C) groups is 1. The summed E-state index contributed by atoms with van der Waals surface area (Å²) in [5.74, 6) is -1.14. The molecule has 2 heterocycles. The maximum atomic E-state index is 9.82. The molecule has 0 amide bonds. The van der Waals surface area contributed by atoms with E-state index in [-0.39, 0.29) is 6.10 Å². The van der Waals surface area contributed by atoms with Crippen LogP contribution in [-0.2, 0) is 9.47 Å². The number of nitrogens with zero attached hydrogens (tertiary/aromatic N) is 2. The van der Waals surface area contributed by atoms with Gasteiger partial charge in [-0.3, -0.25) is 0 Å². The first-order chi connectivity index (χ1) is 10.1. The Hall–Kier alpha value is -1.70. The van der Waals surface area contributed by atoms with Crippen LogP contribution in [0.2, 0.25) is 0 Å². The highest BCUT2D eigenvalue weighted by atomic mass is 16.7. The molecule has 1 aromatic carbocycles. The Bertz CT molecular complexity index is 593. The van der Waals surface area contributed by atoms with Gasteiger partial charge in [0.15, 0.2) is 0 Å². The van der Waals surface area contributed by atoms with Crippen LogP contribution in [0.1, 0.15) is 44.8 Å². The molecule has 0 radical (unpaired) electrons. The fourth-order valence-corrected chi connectivity index (χ4v) is 3.31. The molecule has 0 aliphatic carbocycles. The Morgan fingerprint density at radius 1 is 1.43 bits per heavy atom. The third-order valence-corrected chi connectivity index (χ3v) is 4.42. The number of rotatable bonds is 3. The van der Waals surface area contributed by atoms with Crippen molar-refractivity contribution in [3.05, 3.63) is 35.9 Å². The third kappa shape index (κ3) is 2.17. The molecule has 1 saturated heterocycles. The minimum atomic E-state index is -1.14. The van der Waals surface area contributed by atoms with Gasteiger partial charge in [0.25, 0.3) is 5.91 Å². The highest BCUT2D eigenvalue weighted by molar-refractivity contribution is 5.83. The summed E-state index contributed by atoms with van der Waals surface area (Å²) in [6, 6.07) is 12.5. The average Bonchev–Trinajstić information content (AvgIpc) is 2.83.